The van der Waals surface area contributed by atoms with Gasteiger partial charge in [0.2, 0.25) is 5.91 Å². The SMILES string of the molecule is COc1ccc(OCC(=O)NN2CC(=O)NC2=O)cc1. The predicted molar refractivity (Wildman–Crippen MR) is 66.9 cm³/mol. The molecule has 1 aliphatic rings. The Balaban J connectivity index is 1.80. The minimum absolute atomic E-state index is 0.201. The molecule has 4 amide bonds. The lowest BCUT2D eigenvalue weighted by Gasteiger charge is -2.14. The van der Waals surface area contributed by atoms with Crippen LogP contribution >= 0.6 is 0 Å². The van der Waals surface area contributed by atoms with Gasteiger partial charge in [0, 0.05) is 0 Å². The van der Waals surface area contributed by atoms with Gasteiger partial charge in [-0.2, -0.15) is 0 Å². The van der Waals surface area contributed by atoms with Gasteiger partial charge in [0.15, 0.2) is 6.61 Å². The van der Waals surface area contributed by atoms with Gasteiger partial charge in [-0.3, -0.25) is 20.3 Å². The minimum atomic E-state index is -0.659. The molecular weight excluding hydrogens is 266 g/mol. The number of carbonyl (C=O) groups is 3. The van der Waals surface area contributed by atoms with Crippen LogP contribution in [0.1, 0.15) is 0 Å². The standard InChI is InChI=1S/C12H13N3O5/c1-19-8-2-4-9(5-3-8)20-7-11(17)14-15-6-10(16)13-12(15)18/h2-5H,6-7H2,1H3,(H,14,17)(H,13,16,18). The first kappa shape index (κ1) is 13.7. The maximum absolute atomic E-state index is 11.6. The lowest BCUT2D eigenvalue weighted by atomic mass is 10.3. The number of rotatable bonds is 5. The summed E-state index contributed by atoms with van der Waals surface area (Å²) >= 11 is 0. The molecule has 0 aliphatic carbocycles. The van der Waals surface area contributed by atoms with E-state index in [1.54, 1.807) is 31.4 Å². The fourth-order valence-corrected chi connectivity index (χ4v) is 1.54. The van der Waals surface area contributed by atoms with Crippen molar-refractivity contribution in [3.63, 3.8) is 0 Å². The second-order valence-electron chi connectivity index (χ2n) is 3.94. The summed E-state index contributed by atoms with van der Waals surface area (Å²) in [6.45, 7) is -0.475. The zero-order valence-corrected chi connectivity index (χ0v) is 10.7. The van der Waals surface area contributed by atoms with E-state index in [1.807, 2.05) is 5.32 Å². The molecule has 0 atom stereocenters. The third-order valence-electron chi connectivity index (χ3n) is 2.48. The summed E-state index contributed by atoms with van der Waals surface area (Å²) in [6, 6.07) is 6.03. The summed E-state index contributed by atoms with van der Waals surface area (Å²) in [5.74, 6) is 0.161. The minimum Gasteiger partial charge on any atom is -0.497 e. The highest BCUT2D eigenvalue weighted by molar-refractivity contribution is 6.02. The highest BCUT2D eigenvalue weighted by Crippen LogP contribution is 2.16. The first-order chi connectivity index (χ1) is 9.58. The van der Waals surface area contributed by atoms with Crippen LogP contribution in [-0.2, 0) is 9.59 Å². The zero-order valence-electron chi connectivity index (χ0n) is 10.7. The van der Waals surface area contributed by atoms with E-state index in [2.05, 4.69) is 5.43 Å². The number of nitrogens with zero attached hydrogens (tertiary/aromatic N) is 1. The van der Waals surface area contributed by atoms with Crippen molar-refractivity contribution in [2.45, 2.75) is 0 Å². The maximum Gasteiger partial charge on any atom is 0.343 e. The van der Waals surface area contributed by atoms with Crippen LogP contribution in [-0.4, -0.2) is 43.1 Å². The Labute approximate surface area is 114 Å². The molecule has 0 saturated carbocycles. The Bertz CT molecular complexity index is 528. The van der Waals surface area contributed by atoms with Gasteiger partial charge in [0.25, 0.3) is 5.91 Å². The van der Waals surface area contributed by atoms with Gasteiger partial charge in [0.1, 0.15) is 18.0 Å². The number of hydrogen-bond donors (Lipinski definition) is 2. The summed E-state index contributed by atoms with van der Waals surface area (Å²) in [6.07, 6.45) is 0. The first-order valence-electron chi connectivity index (χ1n) is 5.76. The van der Waals surface area contributed by atoms with Crippen LogP contribution in [0.15, 0.2) is 24.3 Å². The zero-order chi connectivity index (χ0) is 14.5. The van der Waals surface area contributed by atoms with Crippen molar-refractivity contribution in [1.29, 1.82) is 0 Å². The average molecular weight is 279 g/mol. The molecular formula is C12H13N3O5. The number of nitrogens with one attached hydrogen (secondary N) is 2. The molecule has 106 valence electrons. The number of hydrazine groups is 1. The monoisotopic (exact) mass is 279 g/mol. The van der Waals surface area contributed by atoms with Crippen molar-refractivity contribution in [1.82, 2.24) is 15.8 Å². The molecule has 8 nitrogen and oxygen atoms in total. The molecule has 0 unspecified atom stereocenters. The van der Waals surface area contributed by atoms with E-state index in [1.165, 1.54) is 0 Å². The summed E-state index contributed by atoms with van der Waals surface area (Å²) in [5, 5.41) is 2.93. The molecule has 0 radical (unpaired) electrons. The number of imide groups is 1. The molecule has 0 spiro atoms. The number of amides is 4. The summed E-state index contributed by atoms with van der Waals surface area (Å²) in [4.78, 5) is 33.7. The summed E-state index contributed by atoms with van der Waals surface area (Å²) < 4.78 is 10.2. The topological polar surface area (TPSA) is 97.0 Å². The quantitative estimate of drug-likeness (QED) is 0.718. The van der Waals surface area contributed by atoms with Crippen LogP contribution in [0.4, 0.5) is 4.79 Å². The van der Waals surface area contributed by atoms with Crippen LogP contribution in [0.25, 0.3) is 0 Å². The van der Waals surface area contributed by atoms with Crippen molar-refractivity contribution in [2.75, 3.05) is 20.3 Å². The molecule has 0 bridgehead atoms. The van der Waals surface area contributed by atoms with Crippen molar-refractivity contribution >= 4 is 17.8 Å². The van der Waals surface area contributed by atoms with Crippen LogP contribution in [0.5, 0.6) is 11.5 Å². The van der Waals surface area contributed by atoms with Gasteiger partial charge in [-0.1, -0.05) is 0 Å². The van der Waals surface area contributed by atoms with E-state index in [9.17, 15) is 14.4 Å². The highest BCUT2D eigenvalue weighted by Gasteiger charge is 2.28. The third kappa shape index (κ3) is 3.37. The van der Waals surface area contributed by atoms with Gasteiger partial charge in [-0.05, 0) is 24.3 Å². The second kappa shape index (κ2) is 5.91. The molecule has 2 rings (SSSR count). The second-order valence-corrected chi connectivity index (χ2v) is 3.94. The normalized spacial score (nSPS) is 13.9. The largest absolute Gasteiger partial charge is 0.497 e. The van der Waals surface area contributed by atoms with E-state index in [0.29, 0.717) is 11.5 Å². The lowest BCUT2D eigenvalue weighted by molar-refractivity contribution is -0.127. The average Bonchev–Trinajstić information content (AvgIpc) is 2.75. The molecule has 1 aliphatic heterocycles. The number of ether oxygens (including phenoxy) is 2. The van der Waals surface area contributed by atoms with Gasteiger partial charge >= 0.3 is 6.03 Å². The fraction of sp³-hybridized carbons (Fsp3) is 0.250. The maximum atomic E-state index is 11.6. The van der Waals surface area contributed by atoms with Crippen LogP contribution < -0.4 is 20.2 Å². The molecule has 20 heavy (non-hydrogen) atoms. The Morgan fingerprint density at radius 1 is 1.30 bits per heavy atom. The smallest absolute Gasteiger partial charge is 0.343 e. The predicted octanol–water partition coefficient (Wildman–Crippen LogP) is -0.343. The van der Waals surface area contributed by atoms with E-state index in [0.717, 1.165) is 5.01 Å². The molecule has 1 aromatic rings. The van der Waals surface area contributed by atoms with Gasteiger partial charge < -0.3 is 9.47 Å². The molecule has 2 N–H and O–H groups in total. The number of carbonyl (C=O) groups excluding carboxylic acids is 3. The summed E-state index contributed by atoms with van der Waals surface area (Å²) in [5.41, 5.74) is 2.26. The fourth-order valence-electron chi connectivity index (χ4n) is 1.54. The van der Waals surface area contributed by atoms with Crippen molar-refractivity contribution in [3.8, 4) is 11.5 Å². The Kier molecular flexibility index (Phi) is 4.04. The van der Waals surface area contributed by atoms with Crippen LogP contribution in [0, 0.1) is 0 Å². The lowest BCUT2D eigenvalue weighted by Crippen LogP contribution is -2.46. The Morgan fingerprint density at radius 3 is 2.50 bits per heavy atom. The number of methoxy groups -OCH3 is 1. The summed E-state index contributed by atoms with van der Waals surface area (Å²) in [7, 11) is 1.55. The highest BCUT2D eigenvalue weighted by atomic mass is 16.5. The van der Waals surface area contributed by atoms with Crippen molar-refractivity contribution in [3.05, 3.63) is 24.3 Å². The number of hydrogen-bond acceptors (Lipinski definition) is 5. The molecule has 0 aromatic heterocycles. The first-order valence-corrected chi connectivity index (χ1v) is 5.76. The van der Waals surface area contributed by atoms with Crippen LogP contribution in [0.3, 0.4) is 0 Å². The van der Waals surface area contributed by atoms with Crippen molar-refractivity contribution in [2.24, 2.45) is 0 Å². The molecule has 1 aromatic carbocycles. The van der Waals surface area contributed by atoms with E-state index < -0.39 is 17.8 Å². The Hall–Kier alpha value is -2.77. The molecule has 1 saturated heterocycles. The van der Waals surface area contributed by atoms with Gasteiger partial charge in [-0.25, -0.2) is 9.80 Å². The van der Waals surface area contributed by atoms with Gasteiger partial charge in [-0.15, -0.1) is 0 Å². The molecule has 1 heterocycles. The number of benzene rings is 1. The molecule has 8 heteroatoms. The Morgan fingerprint density at radius 2 is 1.95 bits per heavy atom. The van der Waals surface area contributed by atoms with Gasteiger partial charge in [0.05, 0.1) is 7.11 Å². The van der Waals surface area contributed by atoms with E-state index in [-0.39, 0.29) is 13.2 Å². The van der Waals surface area contributed by atoms with E-state index >= 15 is 0 Å². The van der Waals surface area contributed by atoms with E-state index in [4.69, 9.17) is 9.47 Å². The van der Waals surface area contributed by atoms with Crippen molar-refractivity contribution < 1.29 is 23.9 Å². The third-order valence-corrected chi connectivity index (χ3v) is 2.48. The molecule has 1 fully saturated rings. The number of urea groups is 1. The van der Waals surface area contributed by atoms with Crippen LogP contribution in [0.2, 0.25) is 0 Å².